The first-order valence-electron chi connectivity index (χ1n) is 10.4. The maximum atomic E-state index is 13.8. The smallest absolute Gasteiger partial charge is 0.191 e. The molecule has 0 aromatic heterocycles. The summed E-state index contributed by atoms with van der Waals surface area (Å²) < 4.78 is 43.2. The Bertz CT molecular complexity index is 903. The van der Waals surface area contributed by atoms with Crippen LogP contribution in [-0.4, -0.2) is 46.4 Å². The first-order valence-corrected chi connectivity index (χ1v) is 12.4. The molecule has 2 saturated carbocycles. The third-order valence-electron chi connectivity index (χ3n) is 6.83. The Morgan fingerprint density at radius 1 is 1.30 bits per heavy atom. The lowest BCUT2D eigenvalue weighted by Crippen LogP contribution is -2.69. The fraction of sp³-hybridized carbons (Fsp3) is 0.667. The van der Waals surface area contributed by atoms with Gasteiger partial charge in [-0.2, -0.15) is 0 Å². The average molecular weight is 551 g/mol. The summed E-state index contributed by atoms with van der Waals surface area (Å²) in [7, 11) is -1.48. The summed E-state index contributed by atoms with van der Waals surface area (Å²) in [5, 5.41) is 6.87. The van der Waals surface area contributed by atoms with Gasteiger partial charge in [-0.1, -0.05) is 18.9 Å². The number of sulfone groups is 1. The number of nitrogens with one attached hydrogen (secondary N) is 2. The molecule has 3 unspecified atom stereocenters. The molecule has 0 bridgehead atoms. The third-order valence-corrected chi connectivity index (χ3v) is 7.67. The number of hydrogen-bond acceptors (Lipinski definition) is 4. The van der Waals surface area contributed by atoms with Gasteiger partial charge in [0.15, 0.2) is 15.8 Å². The van der Waals surface area contributed by atoms with Crippen LogP contribution in [0.2, 0.25) is 0 Å². The van der Waals surface area contributed by atoms with E-state index in [0.29, 0.717) is 41.7 Å². The van der Waals surface area contributed by atoms with Gasteiger partial charge in [0, 0.05) is 43.8 Å². The van der Waals surface area contributed by atoms with E-state index in [1.807, 2.05) is 0 Å². The lowest BCUT2D eigenvalue weighted by molar-refractivity contribution is -0.125. The van der Waals surface area contributed by atoms with E-state index in [0.717, 1.165) is 13.0 Å². The minimum Gasteiger partial charge on any atom is -0.377 e. The number of aliphatic imine (C=N–C) groups is 1. The predicted octanol–water partition coefficient (Wildman–Crippen LogP) is 3.00. The summed E-state index contributed by atoms with van der Waals surface area (Å²) in [5.41, 5.74) is 1.45. The van der Waals surface area contributed by atoms with Gasteiger partial charge in [0.1, 0.15) is 5.82 Å². The molecule has 3 fully saturated rings. The van der Waals surface area contributed by atoms with Crippen molar-refractivity contribution in [2.45, 2.75) is 56.5 Å². The third kappa shape index (κ3) is 4.62. The first-order chi connectivity index (χ1) is 13.8. The fourth-order valence-electron chi connectivity index (χ4n) is 5.61. The Balaban J connectivity index is 0.00000256. The van der Waals surface area contributed by atoms with Crippen LogP contribution in [0.25, 0.3) is 0 Å². The van der Waals surface area contributed by atoms with Crippen LogP contribution in [0.1, 0.15) is 43.2 Å². The van der Waals surface area contributed by atoms with Gasteiger partial charge in [-0.25, -0.2) is 12.8 Å². The second-order valence-corrected chi connectivity index (χ2v) is 10.9. The molecule has 1 aliphatic heterocycles. The molecule has 3 atom stereocenters. The van der Waals surface area contributed by atoms with E-state index in [1.54, 1.807) is 13.1 Å². The lowest BCUT2D eigenvalue weighted by Gasteiger charge is -2.57. The summed E-state index contributed by atoms with van der Waals surface area (Å²) in [6.07, 6.45) is 7.49. The summed E-state index contributed by atoms with van der Waals surface area (Å²) in [6, 6.07) is 4.58. The largest absolute Gasteiger partial charge is 0.377 e. The number of benzene rings is 1. The minimum atomic E-state index is -3.21. The number of rotatable bonds is 5. The molecule has 30 heavy (non-hydrogen) atoms. The lowest BCUT2D eigenvalue weighted by atomic mass is 9.54. The van der Waals surface area contributed by atoms with E-state index >= 15 is 0 Å². The molecule has 9 heteroatoms. The van der Waals surface area contributed by atoms with Gasteiger partial charge in [0.2, 0.25) is 0 Å². The molecule has 4 rings (SSSR count). The molecule has 1 heterocycles. The van der Waals surface area contributed by atoms with Gasteiger partial charge in [0.05, 0.1) is 11.9 Å². The highest BCUT2D eigenvalue weighted by atomic mass is 127. The Morgan fingerprint density at radius 2 is 2.03 bits per heavy atom. The monoisotopic (exact) mass is 551 g/mol. The van der Waals surface area contributed by atoms with E-state index in [2.05, 4.69) is 15.6 Å². The fourth-order valence-corrected chi connectivity index (χ4v) is 6.45. The molecule has 1 aromatic carbocycles. The first kappa shape index (κ1) is 23.7. The van der Waals surface area contributed by atoms with Crippen molar-refractivity contribution in [3.63, 3.8) is 0 Å². The van der Waals surface area contributed by atoms with Crippen LogP contribution in [0.15, 0.2) is 23.2 Å². The maximum Gasteiger partial charge on any atom is 0.191 e. The van der Waals surface area contributed by atoms with E-state index in [1.165, 1.54) is 44.1 Å². The quantitative estimate of drug-likeness (QED) is 0.334. The molecule has 1 spiro atoms. The van der Waals surface area contributed by atoms with Crippen molar-refractivity contribution in [2.75, 3.05) is 19.9 Å². The van der Waals surface area contributed by atoms with Gasteiger partial charge in [0.25, 0.3) is 0 Å². The Kier molecular flexibility index (Phi) is 7.33. The topological polar surface area (TPSA) is 79.8 Å². The van der Waals surface area contributed by atoms with Gasteiger partial charge in [-0.05, 0) is 42.5 Å². The van der Waals surface area contributed by atoms with Crippen LogP contribution in [0.4, 0.5) is 4.39 Å². The van der Waals surface area contributed by atoms with Crippen LogP contribution >= 0.6 is 24.0 Å². The average Bonchev–Trinajstić information content (AvgIpc) is 3.31. The Hall–Kier alpha value is -0.940. The number of ether oxygens (including phenoxy) is 1. The second kappa shape index (κ2) is 9.28. The van der Waals surface area contributed by atoms with Crippen LogP contribution in [0, 0.1) is 17.2 Å². The van der Waals surface area contributed by atoms with Crippen molar-refractivity contribution in [3.8, 4) is 0 Å². The summed E-state index contributed by atoms with van der Waals surface area (Å²) >= 11 is 0. The summed E-state index contributed by atoms with van der Waals surface area (Å²) in [6.45, 7) is 1.14. The number of nitrogens with zero attached hydrogens (tertiary/aromatic N) is 1. The van der Waals surface area contributed by atoms with Gasteiger partial charge in [-0.3, -0.25) is 4.99 Å². The van der Waals surface area contributed by atoms with Crippen LogP contribution in [0.3, 0.4) is 0 Å². The zero-order valence-corrected chi connectivity index (χ0v) is 20.6. The molecule has 1 aromatic rings. The van der Waals surface area contributed by atoms with E-state index in [-0.39, 0.29) is 41.0 Å². The number of halogens is 2. The van der Waals surface area contributed by atoms with E-state index in [4.69, 9.17) is 4.74 Å². The highest BCUT2D eigenvalue weighted by Gasteiger charge is 2.65. The van der Waals surface area contributed by atoms with Crippen LogP contribution < -0.4 is 10.6 Å². The van der Waals surface area contributed by atoms with E-state index in [9.17, 15) is 12.8 Å². The standard InChI is InChI=1S/C21H30FN3O3S.HI/c1-23-20(24-12-15-11-16(22)6-5-14(15)13-29(2,26)27)25-18-17-7-10-28-19(17)21(18)8-3-4-9-21;/h5-6,11,17-19H,3-4,7-10,12-13H2,1-2H3,(H2,23,24,25);1H. The van der Waals surface area contributed by atoms with Gasteiger partial charge in [-0.15, -0.1) is 24.0 Å². The highest BCUT2D eigenvalue weighted by molar-refractivity contribution is 14.0. The predicted molar refractivity (Wildman–Crippen MR) is 126 cm³/mol. The highest BCUT2D eigenvalue weighted by Crippen LogP contribution is 2.60. The molecule has 2 aliphatic carbocycles. The van der Waals surface area contributed by atoms with Crippen LogP contribution in [0.5, 0.6) is 0 Å². The molecule has 0 radical (unpaired) electrons. The minimum absolute atomic E-state index is 0. The normalized spacial score (nSPS) is 27.3. The summed E-state index contributed by atoms with van der Waals surface area (Å²) in [5.74, 6) is 0.697. The molecule has 3 aliphatic rings. The van der Waals surface area contributed by atoms with Crippen molar-refractivity contribution in [1.82, 2.24) is 10.6 Å². The van der Waals surface area contributed by atoms with Crippen LogP contribution in [-0.2, 0) is 26.9 Å². The zero-order valence-electron chi connectivity index (χ0n) is 17.5. The van der Waals surface area contributed by atoms with Crippen molar-refractivity contribution in [1.29, 1.82) is 0 Å². The van der Waals surface area contributed by atoms with Gasteiger partial charge < -0.3 is 15.4 Å². The summed E-state index contributed by atoms with van der Waals surface area (Å²) in [4.78, 5) is 4.36. The van der Waals surface area contributed by atoms with Crippen molar-refractivity contribution < 1.29 is 17.5 Å². The number of hydrogen-bond donors (Lipinski definition) is 2. The second-order valence-electron chi connectivity index (χ2n) is 8.72. The maximum absolute atomic E-state index is 13.8. The van der Waals surface area contributed by atoms with Crippen molar-refractivity contribution >= 4 is 39.8 Å². The van der Waals surface area contributed by atoms with E-state index < -0.39 is 9.84 Å². The van der Waals surface area contributed by atoms with Crippen molar-refractivity contribution in [3.05, 3.63) is 35.1 Å². The SMILES string of the molecule is CN=C(NCc1cc(F)ccc1CS(C)(=O)=O)NC1C2CCOC2C12CCCC2.I. The zero-order chi connectivity index (χ0) is 20.6. The number of guanidine groups is 1. The number of fused-ring (bicyclic) bond motifs is 2. The Labute approximate surface area is 195 Å². The Morgan fingerprint density at radius 3 is 2.70 bits per heavy atom. The molecular formula is C21H31FIN3O3S. The molecule has 6 nitrogen and oxygen atoms in total. The molecule has 1 saturated heterocycles. The molecule has 0 amide bonds. The van der Waals surface area contributed by atoms with Crippen molar-refractivity contribution in [2.24, 2.45) is 16.3 Å². The molecular weight excluding hydrogens is 520 g/mol. The van der Waals surface area contributed by atoms with Gasteiger partial charge >= 0.3 is 0 Å². The molecule has 168 valence electrons. The molecule has 2 N–H and O–H groups in total.